The molecule has 0 aromatic heterocycles. The fraction of sp³-hybridized carbons (Fsp3) is 0.400. The van der Waals surface area contributed by atoms with Crippen LogP contribution in [0.2, 0.25) is 0 Å². The van der Waals surface area contributed by atoms with E-state index < -0.39 is 73.1 Å². The van der Waals surface area contributed by atoms with Crippen molar-refractivity contribution in [2.24, 2.45) is 11.5 Å². The molecule has 0 saturated heterocycles. The maximum Gasteiger partial charge on any atom is 0.326 e. The van der Waals surface area contributed by atoms with E-state index >= 15 is 0 Å². The third-order valence-electron chi connectivity index (χ3n) is 4.42. The Balaban J connectivity index is 3.08. The van der Waals surface area contributed by atoms with Gasteiger partial charge in [-0.1, -0.05) is 30.3 Å². The highest BCUT2D eigenvalue weighted by Crippen LogP contribution is 2.06. The van der Waals surface area contributed by atoms with Gasteiger partial charge in [0.15, 0.2) is 0 Å². The van der Waals surface area contributed by atoms with Crippen molar-refractivity contribution in [3.63, 3.8) is 0 Å². The molecule has 0 aliphatic carbocycles. The van der Waals surface area contributed by atoms with E-state index in [0.717, 1.165) is 0 Å². The molecular weight excluding hydrogens is 438 g/mol. The van der Waals surface area contributed by atoms with Gasteiger partial charge >= 0.3 is 11.9 Å². The number of carboxylic acids is 2. The van der Waals surface area contributed by atoms with Gasteiger partial charge in [-0.05, 0) is 12.0 Å². The van der Waals surface area contributed by atoms with Crippen LogP contribution in [0.3, 0.4) is 0 Å². The number of carbonyl (C=O) groups excluding carboxylic acids is 4. The molecule has 0 fully saturated rings. The molecule has 3 atom stereocenters. The number of nitrogens with one attached hydrogen (secondary N) is 3. The Morgan fingerprint density at radius 2 is 1.42 bits per heavy atom. The van der Waals surface area contributed by atoms with Crippen molar-refractivity contribution >= 4 is 35.6 Å². The van der Waals surface area contributed by atoms with Crippen molar-refractivity contribution in [3.8, 4) is 0 Å². The van der Waals surface area contributed by atoms with Gasteiger partial charge in [-0.2, -0.15) is 0 Å². The number of carbonyl (C=O) groups is 6. The second-order valence-corrected chi connectivity index (χ2v) is 7.08. The topological polar surface area (TPSA) is 231 Å². The van der Waals surface area contributed by atoms with Crippen molar-refractivity contribution in [1.82, 2.24) is 16.0 Å². The molecule has 33 heavy (non-hydrogen) atoms. The Morgan fingerprint density at radius 1 is 0.848 bits per heavy atom. The Hall–Kier alpha value is -4.00. The van der Waals surface area contributed by atoms with Crippen LogP contribution in [0.5, 0.6) is 0 Å². The van der Waals surface area contributed by atoms with Crippen LogP contribution in [0.25, 0.3) is 0 Å². The highest BCUT2D eigenvalue weighted by molar-refractivity contribution is 5.95. The molecule has 180 valence electrons. The minimum atomic E-state index is -1.51. The van der Waals surface area contributed by atoms with Crippen LogP contribution in [0.15, 0.2) is 30.3 Å². The Labute approximate surface area is 188 Å². The number of nitrogens with two attached hydrogens (primary N) is 2. The Bertz CT molecular complexity index is 876. The number of amides is 4. The van der Waals surface area contributed by atoms with Crippen LogP contribution in [0.4, 0.5) is 0 Å². The zero-order valence-electron chi connectivity index (χ0n) is 17.7. The molecule has 1 aromatic carbocycles. The first-order valence-corrected chi connectivity index (χ1v) is 9.90. The summed E-state index contributed by atoms with van der Waals surface area (Å²) in [7, 11) is 0. The summed E-state index contributed by atoms with van der Waals surface area (Å²) >= 11 is 0. The molecule has 0 saturated carbocycles. The summed E-state index contributed by atoms with van der Waals surface area (Å²) in [5.41, 5.74) is 11.0. The normalized spacial score (nSPS) is 13.1. The highest BCUT2D eigenvalue weighted by atomic mass is 16.4. The quantitative estimate of drug-likeness (QED) is 0.153. The van der Waals surface area contributed by atoms with Gasteiger partial charge in [0.05, 0.1) is 13.0 Å². The zero-order chi connectivity index (χ0) is 25.0. The number of rotatable bonds is 14. The average molecular weight is 465 g/mol. The Kier molecular flexibility index (Phi) is 11.0. The number of hydrogen-bond donors (Lipinski definition) is 7. The molecule has 13 nitrogen and oxygen atoms in total. The van der Waals surface area contributed by atoms with Gasteiger partial charge in [0.25, 0.3) is 0 Å². The first kappa shape index (κ1) is 27.0. The van der Waals surface area contributed by atoms with E-state index in [1.54, 1.807) is 30.3 Å². The lowest BCUT2D eigenvalue weighted by molar-refractivity contribution is -0.143. The van der Waals surface area contributed by atoms with Gasteiger partial charge in [-0.3, -0.25) is 24.0 Å². The third-order valence-corrected chi connectivity index (χ3v) is 4.42. The first-order chi connectivity index (χ1) is 15.5. The predicted octanol–water partition coefficient (Wildman–Crippen LogP) is -2.53. The van der Waals surface area contributed by atoms with E-state index in [0.29, 0.717) is 5.56 Å². The highest BCUT2D eigenvalue weighted by Gasteiger charge is 2.30. The van der Waals surface area contributed by atoms with Crippen molar-refractivity contribution in [3.05, 3.63) is 35.9 Å². The molecule has 13 heteroatoms. The fourth-order valence-electron chi connectivity index (χ4n) is 2.79. The molecule has 3 unspecified atom stereocenters. The summed E-state index contributed by atoms with van der Waals surface area (Å²) in [5, 5.41) is 24.9. The van der Waals surface area contributed by atoms with Gasteiger partial charge in [0, 0.05) is 12.8 Å². The van der Waals surface area contributed by atoms with Gasteiger partial charge in [-0.15, -0.1) is 0 Å². The second-order valence-electron chi connectivity index (χ2n) is 7.08. The average Bonchev–Trinajstić information content (AvgIpc) is 2.75. The molecule has 0 radical (unpaired) electrons. The van der Waals surface area contributed by atoms with Crippen molar-refractivity contribution < 1.29 is 39.0 Å². The lowest BCUT2D eigenvalue weighted by Crippen LogP contribution is -2.57. The molecule has 0 spiro atoms. The smallest absolute Gasteiger partial charge is 0.326 e. The number of primary amides is 1. The van der Waals surface area contributed by atoms with E-state index in [9.17, 15) is 33.9 Å². The molecule has 1 aromatic rings. The van der Waals surface area contributed by atoms with Crippen LogP contribution in [0.1, 0.15) is 24.8 Å². The summed E-state index contributed by atoms with van der Waals surface area (Å²) in [6.45, 7) is -0.458. The molecule has 9 N–H and O–H groups in total. The van der Waals surface area contributed by atoms with Crippen LogP contribution in [-0.2, 0) is 35.2 Å². The predicted molar refractivity (Wildman–Crippen MR) is 113 cm³/mol. The third kappa shape index (κ3) is 10.2. The molecule has 4 amide bonds. The Morgan fingerprint density at radius 3 is 1.94 bits per heavy atom. The standard InChI is InChI=1S/C20H27N5O8/c21-10-16(27)23-14(9-15(22)26)19(31)25-13(8-11-4-2-1-3-5-11)18(30)24-12(20(32)33)6-7-17(28)29/h1-5,12-14H,6-10,21H2,(H2,22,26)(H,23,27)(H,24,30)(H,25,31)(H,28,29)(H,32,33). The van der Waals surface area contributed by atoms with Gasteiger partial charge in [-0.25, -0.2) is 4.79 Å². The van der Waals surface area contributed by atoms with Gasteiger partial charge < -0.3 is 37.6 Å². The summed E-state index contributed by atoms with van der Waals surface area (Å²) < 4.78 is 0. The first-order valence-electron chi connectivity index (χ1n) is 9.90. The fourth-order valence-corrected chi connectivity index (χ4v) is 2.79. The minimum Gasteiger partial charge on any atom is -0.481 e. The number of carboxylic acid groups (broad SMARTS) is 2. The van der Waals surface area contributed by atoms with E-state index in [4.69, 9.17) is 16.6 Å². The largest absolute Gasteiger partial charge is 0.481 e. The number of aliphatic carboxylic acids is 2. The van der Waals surface area contributed by atoms with Crippen LogP contribution < -0.4 is 27.4 Å². The molecular formula is C20H27N5O8. The molecule has 0 aliphatic rings. The monoisotopic (exact) mass is 465 g/mol. The van der Waals surface area contributed by atoms with Gasteiger partial charge in [0.2, 0.25) is 23.6 Å². The van der Waals surface area contributed by atoms with E-state index in [2.05, 4.69) is 16.0 Å². The molecule has 0 bridgehead atoms. The van der Waals surface area contributed by atoms with Crippen LogP contribution in [0, 0.1) is 0 Å². The lowest BCUT2D eigenvalue weighted by Gasteiger charge is -2.24. The van der Waals surface area contributed by atoms with Gasteiger partial charge in [0.1, 0.15) is 18.1 Å². The van der Waals surface area contributed by atoms with Crippen molar-refractivity contribution in [2.45, 2.75) is 43.8 Å². The summed E-state index contributed by atoms with van der Waals surface area (Å²) in [6.07, 6.45) is -1.50. The molecule has 0 aliphatic heterocycles. The zero-order valence-corrected chi connectivity index (χ0v) is 17.7. The van der Waals surface area contributed by atoms with Crippen molar-refractivity contribution in [1.29, 1.82) is 0 Å². The molecule has 1 rings (SSSR count). The lowest BCUT2D eigenvalue weighted by atomic mass is 10.0. The maximum absolute atomic E-state index is 12.8. The summed E-state index contributed by atoms with van der Waals surface area (Å²) in [6, 6.07) is 4.22. The van der Waals surface area contributed by atoms with Crippen LogP contribution in [-0.4, -0.2) is 70.5 Å². The van der Waals surface area contributed by atoms with E-state index in [1.807, 2.05) is 0 Å². The van der Waals surface area contributed by atoms with Crippen LogP contribution >= 0.6 is 0 Å². The summed E-state index contributed by atoms with van der Waals surface area (Å²) in [5.74, 6) is -6.13. The number of benzene rings is 1. The van der Waals surface area contributed by atoms with E-state index in [-0.39, 0.29) is 12.8 Å². The number of hydrogen-bond acceptors (Lipinski definition) is 7. The maximum atomic E-state index is 12.8. The minimum absolute atomic E-state index is 0.0577. The summed E-state index contributed by atoms with van der Waals surface area (Å²) in [4.78, 5) is 70.7. The molecule has 0 heterocycles. The SMILES string of the molecule is NCC(=O)NC(CC(N)=O)C(=O)NC(Cc1ccccc1)C(=O)NC(CCC(=O)O)C(=O)O. The van der Waals surface area contributed by atoms with E-state index in [1.165, 1.54) is 0 Å². The van der Waals surface area contributed by atoms with Crippen molar-refractivity contribution in [2.75, 3.05) is 6.54 Å². The second kappa shape index (κ2) is 13.4.